The molecule has 1 fully saturated rings. The second-order valence-electron chi connectivity index (χ2n) is 6.04. The van der Waals surface area contributed by atoms with Crippen molar-refractivity contribution in [2.24, 2.45) is 17.1 Å². The first-order valence-electron chi connectivity index (χ1n) is 7.11. The Labute approximate surface area is 121 Å². The fraction of sp³-hybridized carbons (Fsp3) is 0.625. The van der Waals surface area contributed by atoms with Gasteiger partial charge in [0.25, 0.3) is 0 Å². The SMILES string of the molecule is COc1ccc(Cl)cc1CC1(CN)CCCC(C)C1. The third kappa shape index (κ3) is 3.43. The molecule has 0 amide bonds. The van der Waals surface area contributed by atoms with Crippen LogP contribution in [0.25, 0.3) is 0 Å². The van der Waals surface area contributed by atoms with Crippen molar-refractivity contribution >= 4 is 11.6 Å². The minimum absolute atomic E-state index is 0.218. The first-order valence-corrected chi connectivity index (χ1v) is 7.49. The van der Waals surface area contributed by atoms with Crippen molar-refractivity contribution in [3.05, 3.63) is 28.8 Å². The van der Waals surface area contributed by atoms with E-state index in [2.05, 4.69) is 6.92 Å². The smallest absolute Gasteiger partial charge is 0.122 e. The zero-order valence-electron chi connectivity index (χ0n) is 11.9. The molecule has 2 unspecified atom stereocenters. The standard InChI is InChI=1S/C16H24ClNO/c1-12-4-3-7-16(9-12,11-18)10-13-8-14(17)5-6-15(13)19-2/h5-6,8,12H,3-4,7,9-11,18H2,1-2H3. The molecule has 0 saturated heterocycles. The summed E-state index contributed by atoms with van der Waals surface area (Å²) in [5.74, 6) is 1.69. The van der Waals surface area contributed by atoms with Gasteiger partial charge in [-0.2, -0.15) is 0 Å². The Kier molecular flexibility index (Phi) is 4.75. The van der Waals surface area contributed by atoms with Crippen LogP contribution in [0, 0.1) is 11.3 Å². The van der Waals surface area contributed by atoms with Crippen molar-refractivity contribution in [1.29, 1.82) is 0 Å². The normalized spacial score (nSPS) is 27.3. The Morgan fingerprint density at radius 3 is 2.89 bits per heavy atom. The number of hydrogen-bond acceptors (Lipinski definition) is 2. The maximum atomic E-state index is 6.12. The Balaban J connectivity index is 2.24. The van der Waals surface area contributed by atoms with Gasteiger partial charge in [0.15, 0.2) is 0 Å². The molecule has 0 heterocycles. The van der Waals surface area contributed by atoms with E-state index < -0.39 is 0 Å². The molecule has 0 spiro atoms. The van der Waals surface area contributed by atoms with E-state index in [0.29, 0.717) is 0 Å². The molecule has 2 nitrogen and oxygen atoms in total. The Morgan fingerprint density at radius 1 is 1.47 bits per heavy atom. The second kappa shape index (κ2) is 6.15. The predicted molar refractivity (Wildman–Crippen MR) is 80.8 cm³/mol. The molecule has 2 atom stereocenters. The van der Waals surface area contributed by atoms with Crippen LogP contribution < -0.4 is 10.5 Å². The number of halogens is 1. The van der Waals surface area contributed by atoms with Crippen molar-refractivity contribution < 1.29 is 4.74 Å². The molecule has 1 aliphatic carbocycles. The van der Waals surface area contributed by atoms with E-state index in [1.165, 1.54) is 31.2 Å². The van der Waals surface area contributed by atoms with Crippen LogP contribution in [0.5, 0.6) is 5.75 Å². The summed E-state index contributed by atoms with van der Waals surface area (Å²) < 4.78 is 5.46. The maximum Gasteiger partial charge on any atom is 0.122 e. The summed E-state index contributed by atoms with van der Waals surface area (Å²) in [6.45, 7) is 3.08. The van der Waals surface area contributed by atoms with Gasteiger partial charge >= 0.3 is 0 Å². The van der Waals surface area contributed by atoms with Gasteiger partial charge in [-0.05, 0) is 60.9 Å². The van der Waals surface area contributed by atoms with Gasteiger partial charge in [-0.1, -0.05) is 31.4 Å². The first kappa shape index (κ1) is 14.7. The summed E-state index contributed by atoms with van der Waals surface area (Å²) in [5.41, 5.74) is 7.51. The molecule has 2 N–H and O–H groups in total. The molecule has 1 saturated carbocycles. The van der Waals surface area contributed by atoms with E-state index in [-0.39, 0.29) is 5.41 Å². The van der Waals surface area contributed by atoms with Crippen LogP contribution in [-0.4, -0.2) is 13.7 Å². The van der Waals surface area contributed by atoms with Gasteiger partial charge in [0, 0.05) is 5.02 Å². The molecule has 2 rings (SSSR count). The molecular weight excluding hydrogens is 258 g/mol. The van der Waals surface area contributed by atoms with Crippen LogP contribution >= 0.6 is 11.6 Å². The van der Waals surface area contributed by atoms with Crippen molar-refractivity contribution in [3.63, 3.8) is 0 Å². The summed E-state index contributed by atoms with van der Waals surface area (Å²) in [4.78, 5) is 0. The van der Waals surface area contributed by atoms with Crippen LogP contribution in [0.4, 0.5) is 0 Å². The highest BCUT2D eigenvalue weighted by Gasteiger charge is 2.34. The molecule has 0 radical (unpaired) electrons. The minimum Gasteiger partial charge on any atom is -0.496 e. The Hall–Kier alpha value is -0.730. The molecule has 1 aromatic rings. The van der Waals surface area contributed by atoms with Crippen LogP contribution in [0.3, 0.4) is 0 Å². The van der Waals surface area contributed by atoms with E-state index in [9.17, 15) is 0 Å². The molecule has 106 valence electrons. The number of methoxy groups -OCH3 is 1. The molecule has 19 heavy (non-hydrogen) atoms. The van der Waals surface area contributed by atoms with Gasteiger partial charge in [0.1, 0.15) is 5.75 Å². The first-order chi connectivity index (χ1) is 9.08. The quantitative estimate of drug-likeness (QED) is 0.904. The van der Waals surface area contributed by atoms with Gasteiger partial charge in [0.2, 0.25) is 0 Å². The highest BCUT2D eigenvalue weighted by atomic mass is 35.5. The summed E-state index contributed by atoms with van der Waals surface area (Å²) >= 11 is 6.12. The topological polar surface area (TPSA) is 35.2 Å². The Morgan fingerprint density at radius 2 is 2.26 bits per heavy atom. The fourth-order valence-electron chi connectivity index (χ4n) is 3.48. The van der Waals surface area contributed by atoms with Crippen molar-refractivity contribution in [2.45, 2.75) is 39.0 Å². The average Bonchev–Trinajstić information content (AvgIpc) is 2.39. The van der Waals surface area contributed by atoms with Crippen LogP contribution in [-0.2, 0) is 6.42 Å². The molecule has 1 aliphatic rings. The van der Waals surface area contributed by atoms with Gasteiger partial charge in [-0.15, -0.1) is 0 Å². The number of nitrogens with two attached hydrogens (primary N) is 1. The molecule has 0 bridgehead atoms. The monoisotopic (exact) mass is 281 g/mol. The fourth-order valence-corrected chi connectivity index (χ4v) is 3.67. The maximum absolute atomic E-state index is 6.12. The number of ether oxygens (including phenoxy) is 1. The summed E-state index contributed by atoms with van der Waals surface area (Å²) in [6, 6.07) is 5.85. The minimum atomic E-state index is 0.218. The summed E-state index contributed by atoms with van der Waals surface area (Å²) in [6.07, 6.45) is 6.00. The van der Waals surface area contributed by atoms with E-state index in [4.69, 9.17) is 22.1 Å². The lowest BCUT2D eigenvalue weighted by atomic mass is 9.67. The van der Waals surface area contributed by atoms with E-state index >= 15 is 0 Å². The van der Waals surface area contributed by atoms with Crippen molar-refractivity contribution in [1.82, 2.24) is 0 Å². The largest absolute Gasteiger partial charge is 0.496 e. The number of benzene rings is 1. The lowest BCUT2D eigenvalue weighted by molar-refractivity contribution is 0.152. The van der Waals surface area contributed by atoms with Crippen LogP contribution in [0.15, 0.2) is 18.2 Å². The van der Waals surface area contributed by atoms with E-state index in [0.717, 1.165) is 29.7 Å². The lowest BCUT2D eigenvalue weighted by Crippen LogP contribution is -2.37. The summed E-state index contributed by atoms with van der Waals surface area (Å²) in [7, 11) is 1.71. The predicted octanol–water partition coefficient (Wildman–Crippen LogP) is 4.05. The van der Waals surface area contributed by atoms with Crippen molar-refractivity contribution in [2.75, 3.05) is 13.7 Å². The third-order valence-corrected chi connectivity index (χ3v) is 4.66. The highest BCUT2D eigenvalue weighted by Crippen LogP contribution is 2.42. The summed E-state index contributed by atoms with van der Waals surface area (Å²) in [5, 5.41) is 0.770. The lowest BCUT2D eigenvalue weighted by Gasteiger charge is -2.39. The van der Waals surface area contributed by atoms with Crippen LogP contribution in [0.1, 0.15) is 38.2 Å². The zero-order chi connectivity index (χ0) is 13.9. The highest BCUT2D eigenvalue weighted by molar-refractivity contribution is 6.30. The Bertz CT molecular complexity index is 435. The van der Waals surface area contributed by atoms with E-state index in [1.807, 2.05) is 18.2 Å². The second-order valence-corrected chi connectivity index (χ2v) is 6.48. The van der Waals surface area contributed by atoms with Gasteiger partial charge in [-0.25, -0.2) is 0 Å². The van der Waals surface area contributed by atoms with E-state index in [1.54, 1.807) is 7.11 Å². The molecule has 3 heteroatoms. The molecule has 0 aliphatic heterocycles. The van der Waals surface area contributed by atoms with Gasteiger partial charge < -0.3 is 10.5 Å². The average molecular weight is 282 g/mol. The molecule has 1 aromatic carbocycles. The van der Waals surface area contributed by atoms with Gasteiger partial charge in [0.05, 0.1) is 7.11 Å². The zero-order valence-corrected chi connectivity index (χ0v) is 12.7. The molecule has 0 aromatic heterocycles. The molecular formula is C16H24ClNO. The third-order valence-electron chi connectivity index (χ3n) is 4.43. The van der Waals surface area contributed by atoms with Gasteiger partial charge in [-0.3, -0.25) is 0 Å². The van der Waals surface area contributed by atoms with Crippen LogP contribution in [0.2, 0.25) is 5.02 Å². The number of rotatable bonds is 4. The number of hydrogen-bond donors (Lipinski definition) is 1. The van der Waals surface area contributed by atoms with Crippen molar-refractivity contribution in [3.8, 4) is 5.75 Å².